The number of guanidine groups is 1. The van der Waals surface area contributed by atoms with Gasteiger partial charge in [-0.2, -0.15) is 5.10 Å². The number of rotatable bonds is 5. The van der Waals surface area contributed by atoms with Crippen LogP contribution in [0.5, 0.6) is 0 Å². The molecule has 0 fully saturated rings. The van der Waals surface area contributed by atoms with E-state index in [1.807, 2.05) is 13.0 Å². The standard InChI is InChI=1S/C21H26N6S/c1-14-20(28-15(2)25-14)13-24-21(22-3)23-12-18-17-10-7-11-19(17)27(26-18)16-8-5-4-6-9-16/h4-6,8-9H,7,10-13H2,1-3H3,(H2,22,23,24). The predicted octanol–water partition coefficient (Wildman–Crippen LogP) is 3.30. The highest BCUT2D eigenvalue weighted by molar-refractivity contribution is 7.11. The Morgan fingerprint density at radius 3 is 2.64 bits per heavy atom. The van der Waals surface area contributed by atoms with Crippen molar-refractivity contribution in [2.45, 2.75) is 46.2 Å². The molecule has 1 aliphatic rings. The van der Waals surface area contributed by atoms with Crippen LogP contribution in [0.25, 0.3) is 5.69 Å². The Balaban J connectivity index is 1.45. The lowest BCUT2D eigenvalue weighted by Crippen LogP contribution is -2.36. The molecule has 0 amide bonds. The largest absolute Gasteiger partial charge is 0.351 e. The first kappa shape index (κ1) is 18.7. The minimum Gasteiger partial charge on any atom is -0.351 e. The number of nitrogens with zero attached hydrogens (tertiary/aromatic N) is 4. The van der Waals surface area contributed by atoms with E-state index in [-0.39, 0.29) is 0 Å². The molecule has 0 saturated carbocycles. The minimum absolute atomic E-state index is 0.669. The fourth-order valence-corrected chi connectivity index (χ4v) is 4.61. The zero-order valence-corrected chi connectivity index (χ0v) is 17.4. The molecule has 2 aromatic heterocycles. The van der Waals surface area contributed by atoms with E-state index in [2.05, 4.69) is 56.5 Å². The smallest absolute Gasteiger partial charge is 0.191 e. The number of aliphatic imine (C=N–C) groups is 1. The van der Waals surface area contributed by atoms with Gasteiger partial charge in [0.15, 0.2) is 5.96 Å². The van der Waals surface area contributed by atoms with E-state index < -0.39 is 0 Å². The van der Waals surface area contributed by atoms with Gasteiger partial charge in [-0.15, -0.1) is 11.3 Å². The van der Waals surface area contributed by atoms with Gasteiger partial charge in [0, 0.05) is 17.6 Å². The summed E-state index contributed by atoms with van der Waals surface area (Å²) in [4.78, 5) is 10.1. The molecule has 7 heteroatoms. The van der Waals surface area contributed by atoms with Crippen LogP contribution in [0.1, 0.15) is 39.0 Å². The molecule has 2 heterocycles. The summed E-state index contributed by atoms with van der Waals surface area (Å²) in [6.07, 6.45) is 3.39. The number of thiazole rings is 1. The molecule has 0 bridgehead atoms. The van der Waals surface area contributed by atoms with E-state index in [1.165, 1.54) is 22.6 Å². The zero-order valence-electron chi connectivity index (χ0n) is 16.6. The van der Waals surface area contributed by atoms with Crippen LogP contribution in [0.2, 0.25) is 0 Å². The highest BCUT2D eigenvalue weighted by atomic mass is 32.1. The average Bonchev–Trinajstić information content (AvgIpc) is 3.39. The number of para-hydroxylation sites is 1. The van der Waals surface area contributed by atoms with Crippen molar-refractivity contribution in [2.75, 3.05) is 7.05 Å². The molecule has 0 atom stereocenters. The van der Waals surface area contributed by atoms with Crippen molar-refractivity contribution in [1.29, 1.82) is 0 Å². The Morgan fingerprint density at radius 2 is 1.93 bits per heavy atom. The zero-order chi connectivity index (χ0) is 19.5. The molecule has 4 rings (SSSR count). The van der Waals surface area contributed by atoms with Crippen LogP contribution in [0.15, 0.2) is 35.3 Å². The second-order valence-electron chi connectivity index (χ2n) is 6.99. The minimum atomic E-state index is 0.669. The first-order valence-electron chi connectivity index (χ1n) is 9.68. The van der Waals surface area contributed by atoms with Gasteiger partial charge in [-0.1, -0.05) is 18.2 Å². The molecule has 1 aromatic carbocycles. The number of hydrogen-bond donors (Lipinski definition) is 2. The maximum Gasteiger partial charge on any atom is 0.191 e. The number of aromatic nitrogens is 3. The second-order valence-corrected chi connectivity index (χ2v) is 8.28. The first-order chi connectivity index (χ1) is 13.7. The maximum absolute atomic E-state index is 4.91. The normalized spacial score (nSPS) is 13.6. The van der Waals surface area contributed by atoms with Crippen molar-refractivity contribution in [2.24, 2.45) is 4.99 Å². The van der Waals surface area contributed by atoms with Crippen LogP contribution in [0, 0.1) is 13.8 Å². The first-order valence-corrected chi connectivity index (χ1v) is 10.5. The molecule has 0 unspecified atom stereocenters. The number of nitrogens with one attached hydrogen (secondary N) is 2. The van der Waals surface area contributed by atoms with E-state index in [9.17, 15) is 0 Å². The van der Waals surface area contributed by atoms with Crippen LogP contribution in [-0.2, 0) is 25.9 Å². The van der Waals surface area contributed by atoms with Crippen LogP contribution < -0.4 is 10.6 Å². The summed E-state index contributed by atoms with van der Waals surface area (Å²) >= 11 is 1.73. The SMILES string of the molecule is CN=C(NCc1nn(-c2ccccc2)c2c1CCC2)NCc1sc(C)nc1C. The molecule has 6 nitrogen and oxygen atoms in total. The summed E-state index contributed by atoms with van der Waals surface area (Å²) in [6, 6.07) is 10.4. The van der Waals surface area contributed by atoms with Crippen LogP contribution >= 0.6 is 11.3 Å². The summed E-state index contributed by atoms with van der Waals surface area (Å²) in [7, 11) is 1.80. The van der Waals surface area contributed by atoms with Gasteiger partial charge in [0.2, 0.25) is 0 Å². The Kier molecular flexibility index (Phi) is 5.43. The monoisotopic (exact) mass is 394 g/mol. The Bertz CT molecular complexity index is 986. The van der Waals surface area contributed by atoms with Gasteiger partial charge in [0.1, 0.15) is 0 Å². The van der Waals surface area contributed by atoms with Gasteiger partial charge in [0.25, 0.3) is 0 Å². The van der Waals surface area contributed by atoms with Gasteiger partial charge in [-0.05, 0) is 50.8 Å². The van der Waals surface area contributed by atoms with Gasteiger partial charge < -0.3 is 10.6 Å². The Labute approximate surface area is 169 Å². The van der Waals surface area contributed by atoms with Gasteiger partial charge >= 0.3 is 0 Å². The highest BCUT2D eigenvalue weighted by Gasteiger charge is 2.23. The lowest BCUT2D eigenvalue weighted by molar-refractivity contribution is 0.732. The van der Waals surface area contributed by atoms with Crippen molar-refractivity contribution in [3.05, 3.63) is 62.9 Å². The molecule has 28 heavy (non-hydrogen) atoms. The van der Waals surface area contributed by atoms with Gasteiger partial charge in [0.05, 0.1) is 35.2 Å². The molecule has 0 aliphatic heterocycles. The van der Waals surface area contributed by atoms with Crippen LogP contribution in [0.3, 0.4) is 0 Å². The third kappa shape index (κ3) is 3.80. The molecule has 0 radical (unpaired) electrons. The predicted molar refractivity (Wildman–Crippen MR) is 114 cm³/mol. The highest BCUT2D eigenvalue weighted by Crippen LogP contribution is 2.27. The fraction of sp³-hybridized carbons (Fsp3) is 0.381. The lowest BCUT2D eigenvalue weighted by Gasteiger charge is -2.11. The summed E-state index contributed by atoms with van der Waals surface area (Å²) in [5.74, 6) is 0.784. The summed E-state index contributed by atoms with van der Waals surface area (Å²) in [5, 5.41) is 12.8. The van der Waals surface area contributed by atoms with E-state index >= 15 is 0 Å². The quantitative estimate of drug-likeness (QED) is 0.515. The van der Waals surface area contributed by atoms with E-state index in [1.54, 1.807) is 18.4 Å². The van der Waals surface area contributed by atoms with Crippen molar-refractivity contribution < 1.29 is 0 Å². The van der Waals surface area contributed by atoms with Gasteiger partial charge in [-0.3, -0.25) is 4.99 Å². The number of benzene rings is 1. The third-order valence-electron chi connectivity index (χ3n) is 5.08. The summed E-state index contributed by atoms with van der Waals surface area (Å²) in [6.45, 7) is 5.49. The van der Waals surface area contributed by atoms with Crippen molar-refractivity contribution in [1.82, 2.24) is 25.4 Å². The van der Waals surface area contributed by atoms with Crippen molar-refractivity contribution in [3.8, 4) is 5.69 Å². The molecule has 146 valence electrons. The molecule has 1 aliphatic carbocycles. The molecule has 2 N–H and O–H groups in total. The number of hydrogen-bond acceptors (Lipinski definition) is 4. The average molecular weight is 395 g/mol. The van der Waals surface area contributed by atoms with Crippen molar-refractivity contribution >= 4 is 17.3 Å². The van der Waals surface area contributed by atoms with E-state index in [4.69, 9.17) is 5.10 Å². The molecular formula is C21H26N6S. The second kappa shape index (κ2) is 8.14. The Morgan fingerprint density at radius 1 is 1.14 bits per heavy atom. The molecular weight excluding hydrogens is 368 g/mol. The maximum atomic E-state index is 4.91. The molecule has 0 spiro atoms. The summed E-state index contributed by atoms with van der Waals surface area (Å²) < 4.78 is 2.11. The van der Waals surface area contributed by atoms with Crippen LogP contribution in [-0.4, -0.2) is 27.8 Å². The molecule has 0 saturated heterocycles. The number of aryl methyl sites for hydroxylation is 2. The number of fused-ring (bicyclic) bond motifs is 1. The van der Waals surface area contributed by atoms with Crippen molar-refractivity contribution in [3.63, 3.8) is 0 Å². The fourth-order valence-electron chi connectivity index (χ4n) is 3.73. The van der Waals surface area contributed by atoms with Crippen LogP contribution in [0.4, 0.5) is 0 Å². The van der Waals surface area contributed by atoms with E-state index in [0.29, 0.717) is 6.54 Å². The topological polar surface area (TPSA) is 67.1 Å². The molecule has 3 aromatic rings. The Hall–Kier alpha value is -2.67. The summed E-state index contributed by atoms with van der Waals surface area (Å²) in [5.41, 5.74) is 6.07. The van der Waals surface area contributed by atoms with E-state index in [0.717, 1.165) is 47.4 Å². The third-order valence-corrected chi connectivity index (χ3v) is 6.15. The lowest BCUT2D eigenvalue weighted by atomic mass is 10.2. The van der Waals surface area contributed by atoms with Gasteiger partial charge in [-0.25, -0.2) is 9.67 Å².